The summed E-state index contributed by atoms with van der Waals surface area (Å²) in [7, 11) is 0. The van der Waals surface area contributed by atoms with Gasteiger partial charge in [0.25, 0.3) is 0 Å². The van der Waals surface area contributed by atoms with E-state index >= 15 is 0 Å². The molecule has 0 fully saturated rings. The molecular weight excluding hydrogens is 262 g/mol. The van der Waals surface area contributed by atoms with Crippen molar-refractivity contribution < 1.29 is 31.1 Å². The van der Waals surface area contributed by atoms with Crippen LogP contribution in [0, 0.1) is 0 Å². The Kier molecular flexibility index (Phi) is 8.94. The van der Waals surface area contributed by atoms with Crippen LogP contribution in [-0.4, -0.2) is 18.6 Å². The maximum Gasteiger partial charge on any atom is 0.386 e. The summed E-state index contributed by atoms with van der Waals surface area (Å²) in [5.41, 5.74) is 0.729. The highest BCUT2D eigenvalue weighted by Crippen LogP contribution is 2.10. The number of halogens is 6. The molecular formula is C11H12F6O. The van der Waals surface area contributed by atoms with E-state index in [-0.39, 0.29) is 13.8 Å². The molecule has 0 saturated heterocycles. The average molecular weight is 274 g/mol. The second kappa shape index (κ2) is 8.54. The Morgan fingerprint density at radius 3 is 1.28 bits per heavy atom. The standard InChI is InChI=1S/C7H6O.2C2H3F3/c8-6-7-4-2-1-3-5-7;2*1-2(3,4)5/h1-6H;2*1H3. The summed E-state index contributed by atoms with van der Waals surface area (Å²) in [6, 6.07) is 9.10. The maximum absolute atomic E-state index is 10.4. The van der Waals surface area contributed by atoms with Crippen LogP contribution in [0.1, 0.15) is 24.2 Å². The fourth-order valence-electron chi connectivity index (χ4n) is 0.532. The molecule has 0 spiro atoms. The highest BCUT2D eigenvalue weighted by Gasteiger charge is 2.16. The molecule has 0 aromatic heterocycles. The van der Waals surface area contributed by atoms with Gasteiger partial charge in [0.05, 0.1) is 0 Å². The molecule has 1 rings (SSSR count). The van der Waals surface area contributed by atoms with E-state index in [0.717, 1.165) is 11.8 Å². The van der Waals surface area contributed by atoms with Crippen LogP contribution >= 0.6 is 0 Å². The number of hydrogen-bond acceptors (Lipinski definition) is 1. The molecule has 0 aliphatic rings. The fraction of sp³-hybridized carbons (Fsp3) is 0.364. The summed E-state index contributed by atoms with van der Waals surface area (Å²) in [5.74, 6) is 0. The molecule has 0 unspecified atom stereocenters. The monoisotopic (exact) mass is 274 g/mol. The predicted octanol–water partition coefficient (Wildman–Crippen LogP) is 4.64. The average Bonchev–Trinajstić information content (AvgIpc) is 2.14. The van der Waals surface area contributed by atoms with E-state index in [1.54, 1.807) is 12.1 Å². The molecule has 0 radical (unpaired) electrons. The Hall–Kier alpha value is -1.53. The molecule has 1 aromatic carbocycles. The molecule has 0 heterocycles. The summed E-state index contributed by atoms with van der Waals surface area (Å²) in [6.07, 6.45) is -7.17. The maximum atomic E-state index is 10.4. The van der Waals surface area contributed by atoms with Crippen molar-refractivity contribution in [3.8, 4) is 0 Å². The Labute approximate surface area is 100 Å². The first-order chi connectivity index (χ1) is 7.93. The highest BCUT2D eigenvalue weighted by molar-refractivity contribution is 5.74. The van der Waals surface area contributed by atoms with Gasteiger partial charge in [0.15, 0.2) is 0 Å². The molecule has 18 heavy (non-hydrogen) atoms. The van der Waals surface area contributed by atoms with Crippen molar-refractivity contribution in [2.45, 2.75) is 26.2 Å². The zero-order valence-corrected chi connectivity index (χ0v) is 9.64. The van der Waals surface area contributed by atoms with Crippen molar-refractivity contribution in [2.75, 3.05) is 0 Å². The van der Waals surface area contributed by atoms with E-state index in [1.807, 2.05) is 18.2 Å². The SMILES string of the molecule is CC(F)(F)F.CC(F)(F)F.O=Cc1ccccc1. The van der Waals surface area contributed by atoms with Crippen LogP contribution in [0.15, 0.2) is 30.3 Å². The van der Waals surface area contributed by atoms with Crippen molar-refractivity contribution in [1.29, 1.82) is 0 Å². The lowest BCUT2D eigenvalue weighted by Gasteiger charge is -1.88. The lowest BCUT2D eigenvalue weighted by atomic mass is 10.2. The fourth-order valence-corrected chi connectivity index (χ4v) is 0.532. The lowest BCUT2D eigenvalue weighted by Crippen LogP contribution is -1.95. The van der Waals surface area contributed by atoms with E-state index in [1.165, 1.54) is 0 Å². The van der Waals surface area contributed by atoms with Crippen LogP contribution in [0.5, 0.6) is 0 Å². The van der Waals surface area contributed by atoms with Crippen molar-refractivity contribution in [3.63, 3.8) is 0 Å². The van der Waals surface area contributed by atoms with E-state index in [2.05, 4.69) is 0 Å². The quantitative estimate of drug-likeness (QED) is 0.538. The van der Waals surface area contributed by atoms with Gasteiger partial charge in [-0.25, -0.2) is 0 Å². The van der Waals surface area contributed by atoms with E-state index in [9.17, 15) is 31.1 Å². The van der Waals surface area contributed by atoms with Crippen LogP contribution in [0.25, 0.3) is 0 Å². The highest BCUT2D eigenvalue weighted by atomic mass is 19.4. The molecule has 0 atom stereocenters. The second-order valence-electron chi connectivity index (χ2n) is 3.09. The largest absolute Gasteiger partial charge is 0.386 e. The van der Waals surface area contributed by atoms with Crippen LogP contribution in [-0.2, 0) is 0 Å². The molecule has 104 valence electrons. The Balaban J connectivity index is 0. The van der Waals surface area contributed by atoms with E-state index in [4.69, 9.17) is 0 Å². The smallest absolute Gasteiger partial charge is 0.298 e. The summed E-state index contributed by atoms with van der Waals surface area (Å²) >= 11 is 0. The van der Waals surface area contributed by atoms with Gasteiger partial charge in [-0.3, -0.25) is 4.79 Å². The third-order valence-corrected chi connectivity index (χ3v) is 0.936. The molecule has 0 saturated carbocycles. The van der Waals surface area contributed by atoms with Crippen LogP contribution in [0.3, 0.4) is 0 Å². The summed E-state index contributed by atoms with van der Waals surface area (Å²) in [5, 5.41) is 0. The van der Waals surface area contributed by atoms with Gasteiger partial charge in [-0.15, -0.1) is 0 Å². The number of benzene rings is 1. The van der Waals surface area contributed by atoms with Gasteiger partial charge in [-0.1, -0.05) is 30.3 Å². The van der Waals surface area contributed by atoms with Crippen molar-refractivity contribution in [3.05, 3.63) is 35.9 Å². The van der Waals surface area contributed by atoms with Gasteiger partial charge < -0.3 is 0 Å². The number of rotatable bonds is 1. The Morgan fingerprint density at radius 2 is 1.11 bits per heavy atom. The number of aldehydes is 1. The zero-order valence-electron chi connectivity index (χ0n) is 9.64. The summed E-state index contributed by atoms with van der Waals surface area (Å²) in [6.45, 7) is 0.375. The van der Waals surface area contributed by atoms with Crippen LogP contribution in [0.4, 0.5) is 26.3 Å². The third-order valence-electron chi connectivity index (χ3n) is 0.936. The Morgan fingerprint density at radius 1 is 0.833 bits per heavy atom. The Bertz CT molecular complexity index is 291. The minimum absolute atomic E-state index is 0.188. The molecule has 1 aromatic rings. The summed E-state index contributed by atoms with van der Waals surface area (Å²) < 4.78 is 62.1. The van der Waals surface area contributed by atoms with Gasteiger partial charge in [-0.05, 0) is 0 Å². The minimum Gasteiger partial charge on any atom is -0.298 e. The van der Waals surface area contributed by atoms with E-state index in [0.29, 0.717) is 0 Å². The van der Waals surface area contributed by atoms with Crippen LogP contribution < -0.4 is 0 Å². The van der Waals surface area contributed by atoms with Gasteiger partial charge in [0.1, 0.15) is 6.29 Å². The number of carbonyl (C=O) groups excluding carboxylic acids is 1. The summed E-state index contributed by atoms with van der Waals surface area (Å²) in [4.78, 5) is 10.0. The molecule has 0 bridgehead atoms. The van der Waals surface area contributed by atoms with Gasteiger partial charge in [0, 0.05) is 19.4 Å². The predicted molar refractivity (Wildman–Crippen MR) is 55.3 cm³/mol. The number of alkyl halides is 6. The first kappa shape index (κ1) is 18.8. The van der Waals surface area contributed by atoms with Gasteiger partial charge in [0.2, 0.25) is 0 Å². The molecule has 7 heteroatoms. The second-order valence-corrected chi connectivity index (χ2v) is 3.09. The number of hydrogen-bond donors (Lipinski definition) is 0. The molecule has 1 nitrogen and oxygen atoms in total. The topological polar surface area (TPSA) is 17.1 Å². The van der Waals surface area contributed by atoms with Gasteiger partial charge in [-0.2, -0.15) is 26.3 Å². The molecule has 0 aliphatic heterocycles. The zero-order chi connectivity index (χ0) is 14.8. The van der Waals surface area contributed by atoms with Crippen molar-refractivity contribution in [2.24, 2.45) is 0 Å². The van der Waals surface area contributed by atoms with Gasteiger partial charge >= 0.3 is 12.4 Å². The molecule has 0 aliphatic carbocycles. The van der Waals surface area contributed by atoms with Crippen molar-refractivity contribution in [1.82, 2.24) is 0 Å². The van der Waals surface area contributed by atoms with Crippen LogP contribution in [0.2, 0.25) is 0 Å². The minimum atomic E-state index is -4.00. The van der Waals surface area contributed by atoms with Crippen molar-refractivity contribution >= 4 is 6.29 Å². The first-order valence-corrected chi connectivity index (χ1v) is 4.57. The number of carbonyl (C=O) groups is 1. The lowest BCUT2D eigenvalue weighted by molar-refractivity contribution is -0.111. The first-order valence-electron chi connectivity index (χ1n) is 4.57. The third kappa shape index (κ3) is 36.6. The molecule has 0 amide bonds. The van der Waals surface area contributed by atoms with E-state index < -0.39 is 12.4 Å². The normalized spacial score (nSPS) is 10.4. The molecule has 0 N–H and O–H groups in total.